The van der Waals surface area contributed by atoms with Crippen LogP contribution in [0.25, 0.3) is 223 Å². The van der Waals surface area contributed by atoms with Crippen molar-refractivity contribution in [1.82, 2.24) is 0 Å². The summed E-state index contributed by atoms with van der Waals surface area (Å²) in [6, 6.07) is 179. The van der Waals surface area contributed by atoms with Crippen molar-refractivity contribution in [2.24, 2.45) is 0 Å². The van der Waals surface area contributed by atoms with E-state index in [4.69, 9.17) is 0 Å². The maximum Gasteiger partial charge on any atom is -0.0184 e. The van der Waals surface area contributed by atoms with Crippen molar-refractivity contribution in [3.05, 3.63) is 485 Å². The number of hydrogen-bond acceptors (Lipinski definition) is 0. The standard InChI is InChI=1S/C120H80/c1-2-82-4-3-81(1)83-5-7-85(8-6-83)87-13-15-89(16-14-87)91-21-23-93(24-22-91)95-29-31-97(32-30-95)99-37-39-101(40-38-99)103-45-47-105(48-46-103)107-53-55-109(56-54-107)111-61-63-113(64-62-111)115-69-71-117(72-70-115)119-77-79-120(80-78-119)118-75-73-116(74-76-118)114-67-65-112(66-68-114)110-59-57-108(58-60-110)106-51-49-104(50-52-106)102-43-41-100(42-44-102)98-35-33-96(34-36-98)94-27-25-92(26-28-94)90-19-17-88(18-20-90)86-11-9-84(82)10-12-86/h1-80H. The van der Waals surface area contributed by atoms with E-state index < -0.39 is 0 Å². The molecule has 0 nitrogen and oxygen atoms in total. The van der Waals surface area contributed by atoms with E-state index in [0.717, 1.165) is 0 Å². The van der Waals surface area contributed by atoms with Crippen molar-refractivity contribution in [3.8, 4) is 223 Å². The molecule has 0 radical (unpaired) electrons. The molecule has 0 atom stereocenters. The second-order valence-corrected chi connectivity index (χ2v) is 31.5. The summed E-state index contributed by atoms with van der Waals surface area (Å²) >= 11 is 0. The van der Waals surface area contributed by atoms with Gasteiger partial charge in [-0.3, -0.25) is 0 Å². The topological polar surface area (TPSA) is 0 Å². The van der Waals surface area contributed by atoms with Crippen LogP contribution in [0.15, 0.2) is 485 Å². The fourth-order valence-electron chi connectivity index (χ4n) is 17.1. The van der Waals surface area contributed by atoms with E-state index in [-0.39, 0.29) is 0 Å². The molecule has 20 aromatic rings. The van der Waals surface area contributed by atoms with Gasteiger partial charge >= 0.3 is 0 Å². The molecule has 0 amide bonds. The van der Waals surface area contributed by atoms with Crippen LogP contribution in [0.1, 0.15) is 0 Å². The fraction of sp³-hybridized carbons (Fsp3) is 0. The summed E-state index contributed by atoms with van der Waals surface area (Å²) in [4.78, 5) is 0. The van der Waals surface area contributed by atoms with E-state index in [9.17, 15) is 0 Å². The van der Waals surface area contributed by atoms with Crippen LogP contribution in [0, 0.1) is 0 Å². The second-order valence-electron chi connectivity index (χ2n) is 31.5. The number of benzene rings is 20. The van der Waals surface area contributed by atoms with Crippen molar-refractivity contribution < 1.29 is 0 Å². The molecule has 20 aromatic carbocycles. The van der Waals surface area contributed by atoms with Gasteiger partial charge in [-0.1, -0.05) is 485 Å². The van der Waals surface area contributed by atoms with Crippen molar-refractivity contribution in [1.29, 1.82) is 0 Å². The van der Waals surface area contributed by atoms with Gasteiger partial charge in [-0.25, -0.2) is 0 Å². The molecule has 0 aromatic heterocycles. The molecule has 0 heterocycles. The Morgan fingerprint density at radius 3 is 0.0667 bits per heavy atom. The van der Waals surface area contributed by atoms with E-state index in [1.165, 1.54) is 223 Å². The van der Waals surface area contributed by atoms with Crippen LogP contribution >= 0.6 is 0 Å². The lowest BCUT2D eigenvalue weighted by atomic mass is 9.95. The van der Waals surface area contributed by atoms with Crippen LogP contribution in [0.3, 0.4) is 0 Å². The predicted octanol–water partition coefficient (Wildman–Crippen LogP) is 33.3. The van der Waals surface area contributed by atoms with Gasteiger partial charge in [-0.2, -0.15) is 0 Å². The van der Waals surface area contributed by atoms with Crippen molar-refractivity contribution in [2.45, 2.75) is 0 Å². The van der Waals surface area contributed by atoms with Crippen LogP contribution < -0.4 is 0 Å². The minimum atomic E-state index is 1.20. The van der Waals surface area contributed by atoms with Crippen LogP contribution in [0.2, 0.25) is 0 Å². The third kappa shape index (κ3) is 15.1. The fourth-order valence-corrected chi connectivity index (χ4v) is 17.1. The van der Waals surface area contributed by atoms with Gasteiger partial charge in [0.05, 0.1) is 0 Å². The van der Waals surface area contributed by atoms with Gasteiger partial charge in [-0.15, -0.1) is 0 Å². The molecular weight excluding hydrogens is 1440 g/mol. The van der Waals surface area contributed by atoms with E-state index in [0.29, 0.717) is 0 Å². The molecule has 0 unspecified atom stereocenters. The summed E-state index contributed by atoms with van der Waals surface area (Å²) in [6.07, 6.45) is 0. The average molecular weight is 1520 g/mol. The third-order valence-corrected chi connectivity index (χ3v) is 24.4. The lowest BCUT2D eigenvalue weighted by Crippen LogP contribution is -1.85. The summed E-state index contributed by atoms with van der Waals surface area (Å²) in [6.45, 7) is 0. The Morgan fingerprint density at radius 2 is 0.0500 bits per heavy atom. The summed E-state index contributed by atoms with van der Waals surface area (Å²) in [7, 11) is 0. The molecule has 58 aliphatic rings. The van der Waals surface area contributed by atoms with Gasteiger partial charge in [0.15, 0.2) is 0 Å². The van der Waals surface area contributed by atoms with Crippen molar-refractivity contribution in [2.75, 3.05) is 0 Å². The molecule has 58 aliphatic carbocycles. The number of rotatable bonds is 0. The first-order valence-electron chi connectivity index (χ1n) is 41.4. The molecule has 0 fully saturated rings. The normalized spacial score (nSPS) is 11.3. The highest BCUT2D eigenvalue weighted by Gasteiger charge is 2.14. The van der Waals surface area contributed by atoms with E-state index >= 15 is 0 Å². The monoisotopic (exact) mass is 1520 g/mol. The maximum absolute atomic E-state index is 2.23. The van der Waals surface area contributed by atoms with E-state index in [2.05, 4.69) is 485 Å². The highest BCUT2D eigenvalue weighted by molar-refractivity contribution is 5.85. The molecule has 0 N–H and O–H groups in total. The van der Waals surface area contributed by atoms with Crippen LogP contribution in [0.4, 0.5) is 0 Å². The Labute approximate surface area is 703 Å². The SMILES string of the molecule is c1cc2ccc1-c1ccc(cc1)-c1ccc(cc1)-c1ccc(cc1)-c1ccc(cc1)-c1ccc(cc1)-c1ccc(cc1)-c1ccc(cc1)-c1ccc(cc1)-c1ccc(cc1)-c1ccc(cc1)-c1ccc(cc1)-c1ccc(cc1)-c1ccc(cc1)-c1ccc(cc1)-c1ccc(cc1)-c1ccc(cc1)-c1ccc(cc1)-c1ccc(cc1)-c1ccc-2cc1. The molecule has 0 aliphatic heterocycles. The van der Waals surface area contributed by atoms with Gasteiger partial charge in [-0.05, 0) is 223 Å². The minimum absolute atomic E-state index is 1.20. The van der Waals surface area contributed by atoms with Crippen molar-refractivity contribution >= 4 is 0 Å². The highest BCUT2D eigenvalue weighted by atomic mass is 14.2. The molecular formula is C120H80. The largest absolute Gasteiger partial charge is 0.0538 e. The molecule has 0 heteroatoms. The Morgan fingerprint density at radius 1 is 0.0333 bits per heavy atom. The smallest absolute Gasteiger partial charge is 0.0184 e. The molecule has 0 saturated carbocycles. The molecule has 120 heavy (non-hydrogen) atoms. The first kappa shape index (κ1) is 72.1. The first-order chi connectivity index (χ1) is 59.3. The van der Waals surface area contributed by atoms with E-state index in [1.807, 2.05) is 0 Å². The lowest BCUT2D eigenvalue weighted by Gasteiger charge is -2.10. The summed E-state index contributed by atoms with van der Waals surface area (Å²) < 4.78 is 0. The zero-order valence-corrected chi connectivity index (χ0v) is 66.2. The Balaban J connectivity index is 0.495. The van der Waals surface area contributed by atoms with Crippen LogP contribution in [-0.4, -0.2) is 0 Å². The average Bonchev–Trinajstić information content (AvgIpc) is 0.818. The van der Waals surface area contributed by atoms with Gasteiger partial charge in [0.25, 0.3) is 0 Å². The highest BCUT2D eigenvalue weighted by Crippen LogP contribution is 2.40. The quantitative estimate of drug-likeness (QED) is 0.142. The van der Waals surface area contributed by atoms with Crippen LogP contribution in [0.5, 0.6) is 0 Å². The van der Waals surface area contributed by atoms with Gasteiger partial charge in [0, 0.05) is 0 Å². The number of hydrogen-bond donors (Lipinski definition) is 0. The molecule has 560 valence electrons. The third-order valence-electron chi connectivity index (χ3n) is 24.4. The minimum Gasteiger partial charge on any atom is -0.0538 e. The van der Waals surface area contributed by atoms with Gasteiger partial charge in [0.1, 0.15) is 0 Å². The van der Waals surface area contributed by atoms with Gasteiger partial charge < -0.3 is 0 Å². The lowest BCUT2D eigenvalue weighted by molar-refractivity contribution is 1.55. The van der Waals surface area contributed by atoms with Crippen LogP contribution in [-0.2, 0) is 0 Å². The predicted molar refractivity (Wildman–Crippen MR) is 509 cm³/mol. The van der Waals surface area contributed by atoms with Crippen molar-refractivity contribution in [3.63, 3.8) is 0 Å². The maximum atomic E-state index is 2.23. The second kappa shape index (κ2) is 31.9. The summed E-state index contributed by atoms with van der Waals surface area (Å²) in [5.74, 6) is 0. The zero-order chi connectivity index (χ0) is 79.7. The Bertz CT molecular complexity index is 4660. The molecule has 0 saturated heterocycles. The van der Waals surface area contributed by atoms with E-state index in [1.54, 1.807) is 0 Å². The Kier molecular flexibility index (Phi) is 19.2. The summed E-state index contributed by atoms with van der Waals surface area (Å²) in [5.41, 5.74) is 47.9. The zero-order valence-electron chi connectivity index (χ0n) is 66.2. The summed E-state index contributed by atoms with van der Waals surface area (Å²) in [5, 5.41) is 0. The molecule has 78 rings (SSSR count). The Hall–Kier alpha value is -15.6. The first-order valence-corrected chi connectivity index (χ1v) is 41.4. The molecule has 0 spiro atoms. The molecule has 40 bridgehead atoms. The van der Waals surface area contributed by atoms with Gasteiger partial charge in [0.2, 0.25) is 0 Å².